The maximum atomic E-state index is 11.8. The van der Waals surface area contributed by atoms with Crippen molar-refractivity contribution in [3.8, 4) is 0 Å². The molecule has 0 aromatic carbocycles. The van der Waals surface area contributed by atoms with Crippen molar-refractivity contribution in [2.24, 2.45) is 0 Å². The summed E-state index contributed by atoms with van der Waals surface area (Å²) in [5.41, 5.74) is 0. The second-order valence-electron chi connectivity index (χ2n) is 4.49. The average molecular weight is 289 g/mol. The monoisotopic (exact) mass is 289 g/mol. The molecular formula is C11H19N3O6. The Morgan fingerprint density at radius 1 is 1.10 bits per heavy atom. The van der Waals surface area contributed by atoms with Gasteiger partial charge in [-0.25, -0.2) is 9.59 Å². The Morgan fingerprint density at radius 2 is 1.70 bits per heavy atom. The van der Waals surface area contributed by atoms with Gasteiger partial charge in [0.25, 0.3) is 0 Å². The molecule has 0 aromatic heterocycles. The van der Waals surface area contributed by atoms with Crippen LogP contribution in [0.25, 0.3) is 0 Å². The summed E-state index contributed by atoms with van der Waals surface area (Å²) in [7, 11) is 0. The summed E-state index contributed by atoms with van der Waals surface area (Å²) in [5.74, 6) is -2.66. The van der Waals surface area contributed by atoms with Crippen LogP contribution in [-0.2, 0) is 9.59 Å². The first-order valence-corrected chi connectivity index (χ1v) is 6.27. The van der Waals surface area contributed by atoms with E-state index in [2.05, 4.69) is 5.32 Å². The fraction of sp³-hybridized carbons (Fsp3) is 0.727. The van der Waals surface area contributed by atoms with Crippen LogP contribution in [0.2, 0.25) is 0 Å². The van der Waals surface area contributed by atoms with E-state index in [0.29, 0.717) is 32.7 Å². The minimum atomic E-state index is -1.43. The lowest BCUT2D eigenvalue weighted by Gasteiger charge is -2.34. The van der Waals surface area contributed by atoms with E-state index in [1.54, 1.807) is 0 Å². The Morgan fingerprint density at radius 3 is 2.15 bits per heavy atom. The van der Waals surface area contributed by atoms with Crippen LogP contribution in [-0.4, -0.2) is 88.5 Å². The SMILES string of the molecule is O=C(O)C[C@@H](NC(=O)N1CCN(CCO)CC1)C(=O)O. The Kier molecular flexibility index (Phi) is 6.19. The average Bonchev–Trinajstić information content (AvgIpc) is 2.38. The Bertz CT molecular complexity index is 367. The highest BCUT2D eigenvalue weighted by Crippen LogP contribution is 2.03. The van der Waals surface area contributed by atoms with E-state index in [4.69, 9.17) is 15.3 Å². The van der Waals surface area contributed by atoms with Gasteiger partial charge < -0.3 is 25.5 Å². The van der Waals surface area contributed by atoms with Gasteiger partial charge in [-0.1, -0.05) is 0 Å². The summed E-state index contributed by atoms with van der Waals surface area (Å²) in [6, 6.07) is -2.02. The van der Waals surface area contributed by atoms with E-state index < -0.39 is 30.4 Å². The van der Waals surface area contributed by atoms with E-state index in [-0.39, 0.29) is 6.61 Å². The maximum Gasteiger partial charge on any atom is 0.326 e. The highest BCUT2D eigenvalue weighted by molar-refractivity contribution is 5.86. The molecule has 1 aliphatic rings. The number of amides is 2. The molecule has 4 N–H and O–H groups in total. The van der Waals surface area contributed by atoms with Crippen molar-refractivity contribution < 1.29 is 29.7 Å². The molecule has 0 saturated carbocycles. The molecule has 0 spiro atoms. The Balaban J connectivity index is 2.45. The van der Waals surface area contributed by atoms with Crippen LogP contribution in [0.15, 0.2) is 0 Å². The van der Waals surface area contributed by atoms with Crippen LogP contribution in [0.5, 0.6) is 0 Å². The number of rotatable bonds is 6. The van der Waals surface area contributed by atoms with Gasteiger partial charge in [-0.15, -0.1) is 0 Å². The Labute approximate surface area is 115 Å². The first-order valence-electron chi connectivity index (χ1n) is 6.27. The molecule has 114 valence electrons. The van der Waals surface area contributed by atoms with E-state index in [0.717, 1.165) is 0 Å². The van der Waals surface area contributed by atoms with E-state index in [1.165, 1.54) is 4.90 Å². The topological polar surface area (TPSA) is 130 Å². The minimum Gasteiger partial charge on any atom is -0.481 e. The highest BCUT2D eigenvalue weighted by atomic mass is 16.4. The van der Waals surface area contributed by atoms with E-state index in [1.807, 2.05) is 4.90 Å². The molecule has 2 amide bonds. The molecule has 20 heavy (non-hydrogen) atoms. The highest BCUT2D eigenvalue weighted by Gasteiger charge is 2.27. The molecule has 0 aromatic rings. The van der Waals surface area contributed by atoms with E-state index >= 15 is 0 Å². The van der Waals surface area contributed by atoms with Gasteiger partial charge in [0, 0.05) is 32.7 Å². The predicted molar refractivity (Wildman–Crippen MR) is 67.3 cm³/mol. The third-order valence-corrected chi connectivity index (χ3v) is 3.05. The summed E-state index contributed by atoms with van der Waals surface area (Å²) in [4.78, 5) is 36.7. The zero-order valence-electron chi connectivity index (χ0n) is 11.0. The van der Waals surface area contributed by atoms with Crippen LogP contribution in [0.4, 0.5) is 4.79 Å². The van der Waals surface area contributed by atoms with Crippen LogP contribution < -0.4 is 5.32 Å². The number of carboxylic acid groups (broad SMARTS) is 2. The van der Waals surface area contributed by atoms with Crippen molar-refractivity contribution in [2.75, 3.05) is 39.3 Å². The van der Waals surface area contributed by atoms with Gasteiger partial charge in [-0.3, -0.25) is 9.69 Å². The van der Waals surface area contributed by atoms with Crippen molar-refractivity contribution in [2.45, 2.75) is 12.5 Å². The van der Waals surface area contributed by atoms with Crippen molar-refractivity contribution in [1.82, 2.24) is 15.1 Å². The van der Waals surface area contributed by atoms with Crippen LogP contribution >= 0.6 is 0 Å². The van der Waals surface area contributed by atoms with Crippen molar-refractivity contribution in [3.63, 3.8) is 0 Å². The number of carbonyl (C=O) groups excluding carboxylic acids is 1. The number of aliphatic hydroxyl groups excluding tert-OH is 1. The maximum absolute atomic E-state index is 11.8. The smallest absolute Gasteiger partial charge is 0.326 e. The lowest BCUT2D eigenvalue weighted by Crippen LogP contribution is -2.55. The minimum absolute atomic E-state index is 0.0475. The molecule has 0 unspecified atom stereocenters. The number of carbonyl (C=O) groups is 3. The standard InChI is InChI=1S/C11H19N3O6/c15-6-5-13-1-3-14(4-2-13)11(20)12-8(10(18)19)7-9(16)17/h8,15H,1-7H2,(H,12,20)(H,16,17)(H,18,19)/t8-/m1/s1. The number of aliphatic carboxylic acids is 2. The molecule has 0 bridgehead atoms. The largest absolute Gasteiger partial charge is 0.481 e. The van der Waals surface area contributed by atoms with Crippen LogP contribution in [0.3, 0.4) is 0 Å². The second kappa shape index (κ2) is 7.65. The number of hydrogen-bond donors (Lipinski definition) is 4. The van der Waals surface area contributed by atoms with Gasteiger partial charge in [-0.2, -0.15) is 0 Å². The summed E-state index contributed by atoms with van der Waals surface area (Å²) in [5, 5.41) is 28.4. The third-order valence-electron chi connectivity index (χ3n) is 3.05. The number of hydrogen-bond acceptors (Lipinski definition) is 5. The summed E-state index contributed by atoms with van der Waals surface area (Å²) >= 11 is 0. The fourth-order valence-corrected chi connectivity index (χ4v) is 1.93. The first-order chi connectivity index (χ1) is 9.43. The fourth-order valence-electron chi connectivity index (χ4n) is 1.93. The van der Waals surface area contributed by atoms with Gasteiger partial charge in [0.1, 0.15) is 6.04 Å². The zero-order valence-corrected chi connectivity index (χ0v) is 11.0. The molecule has 0 radical (unpaired) electrons. The zero-order chi connectivity index (χ0) is 15.1. The molecule has 1 atom stereocenters. The lowest BCUT2D eigenvalue weighted by atomic mass is 10.2. The number of aliphatic hydroxyl groups is 1. The molecule has 1 rings (SSSR count). The van der Waals surface area contributed by atoms with Crippen LogP contribution in [0.1, 0.15) is 6.42 Å². The molecule has 9 heteroatoms. The van der Waals surface area contributed by atoms with Gasteiger partial charge in [0.05, 0.1) is 13.0 Å². The number of nitrogens with one attached hydrogen (secondary N) is 1. The molecular weight excluding hydrogens is 270 g/mol. The summed E-state index contributed by atoms with van der Waals surface area (Å²) in [6.45, 7) is 2.57. The molecule has 1 aliphatic heterocycles. The molecule has 9 nitrogen and oxygen atoms in total. The van der Waals surface area contributed by atoms with Crippen molar-refractivity contribution in [1.29, 1.82) is 0 Å². The first kappa shape index (κ1) is 16.2. The predicted octanol–water partition coefficient (Wildman–Crippen LogP) is -1.77. The van der Waals surface area contributed by atoms with E-state index in [9.17, 15) is 14.4 Å². The van der Waals surface area contributed by atoms with Gasteiger partial charge in [0.15, 0.2) is 0 Å². The number of β-amino-alcohol motifs (C(OH)–C–C–N with tert-alkyl or cyclic N) is 1. The van der Waals surface area contributed by atoms with Gasteiger partial charge >= 0.3 is 18.0 Å². The van der Waals surface area contributed by atoms with Crippen molar-refractivity contribution >= 4 is 18.0 Å². The molecule has 1 heterocycles. The number of urea groups is 1. The summed E-state index contributed by atoms with van der Waals surface area (Å²) in [6.07, 6.45) is -0.661. The molecule has 1 saturated heterocycles. The van der Waals surface area contributed by atoms with Crippen molar-refractivity contribution in [3.05, 3.63) is 0 Å². The van der Waals surface area contributed by atoms with Gasteiger partial charge in [-0.05, 0) is 0 Å². The van der Waals surface area contributed by atoms with Gasteiger partial charge in [0.2, 0.25) is 0 Å². The number of nitrogens with zero attached hydrogens (tertiary/aromatic N) is 2. The van der Waals surface area contributed by atoms with Crippen LogP contribution in [0, 0.1) is 0 Å². The normalized spacial score (nSPS) is 17.6. The number of piperazine rings is 1. The number of carboxylic acids is 2. The molecule has 0 aliphatic carbocycles. The second-order valence-corrected chi connectivity index (χ2v) is 4.49. The summed E-state index contributed by atoms with van der Waals surface area (Å²) < 4.78 is 0. The third kappa shape index (κ3) is 5.02. The molecule has 1 fully saturated rings. The lowest BCUT2D eigenvalue weighted by molar-refractivity contribution is -0.145. The Hall–Kier alpha value is -1.87. The quantitative estimate of drug-likeness (QED) is 0.455.